The molecule has 1 amide bonds. The summed E-state index contributed by atoms with van der Waals surface area (Å²) in [6.07, 6.45) is 8.94. The quantitative estimate of drug-likeness (QED) is 0.558. The number of fused-ring (bicyclic) bond motifs is 1. The van der Waals surface area contributed by atoms with E-state index < -0.39 is 0 Å². The molecule has 192 valence electrons. The van der Waals surface area contributed by atoms with Gasteiger partial charge in [-0.05, 0) is 83.3 Å². The van der Waals surface area contributed by atoms with Crippen LogP contribution in [0.15, 0.2) is 47.5 Å². The third kappa shape index (κ3) is 5.04. The summed E-state index contributed by atoms with van der Waals surface area (Å²) in [4.78, 5) is 31.2. The van der Waals surface area contributed by atoms with Crippen LogP contribution < -0.4 is 15.8 Å². The standard InChI is InChI=1S/C28H36ClN5O2/c1-20(2)30-26(35)19-34-25(21-5-4-6-22(29)15-21)18-33-17-23(16-24(33)27(34)36)32-13-9-28(10-14-32)7-11-31(3)12-8-28/h4-6,15-18,20H,7-14,19H2,1-3H3,(H,30,35). The van der Waals surface area contributed by atoms with Crippen molar-refractivity contribution in [3.05, 3.63) is 58.1 Å². The lowest BCUT2D eigenvalue weighted by Crippen LogP contribution is -2.45. The highest BCUT2D eigenvalue weighted by atomic mass is 35.5. The van der Waals surface area contributed by atoms with E-state index in [0.717, 1.165) is 24.3 Å². The Morgan fingerprint density at radius 2 is 1.75 bits per heavy atom. The van der Waals surface area contributed by atoms with Crippen LogP contribution in [0.2, 0.25) is 5.02 Å². The first-order valence-electron chi connectivity index (χ1n) is 13.0. The van der Waals surface area contributed by atoms with E-state index in [1.165, 1.54) is 38.8 Å². The number of likely N-dealkylation sites (tertiary alicyclic amines) is 1. The van der Waals surface area contributed by atoms with Crippen molar-refractivity contribution in [1.82, 2.24) is 19.2 Å². The van der Waals surface area contributed by atoms with Crippen LogP contribution in [0.5, 0.6) is 0 Å². The lowest BCUT2D eigenvalue weighted by molar-refractivity contribution is -0.122. The molecule has 0 atom stereocenters. The first kappa shape index (κ1) is 24.9. The molecule has 0 aliphatic carbocycles. The minimum atomic E-state index is -0.189. The van der Waals surface area contributed by atoms with Gasteiger partial charge in [-0.3, -0.25) is 14.2 Å². The van der Waals surface area contributed by atoms with E-state index in [2.05, 4.69) is 28.4 Å². The highest BCUT2D eigenvalue weighted by molar-refractivity contribution is 6.30. The Labute approximate surface area is 217 Å². The van der Waals surface area contributed by atoms with Gasteiger partial charge in [0.15, 0.2) is 0 Å². The molecule has 4 heterocycles. The highest BCUT2D eigenvalue weighted by Crippen LogP contribution is 2.42. The fraction of sp³-hybridized carbons (Fsp3) is 0.500. The van der Waals surface area contributed by atoms with Crippen LogP contribution in [-0.4, -0.2) is 59.0 Å². The zero-order valence-electron chi connectivity index (χ0n) is 21.5. The first-order chi connectivity index (χ1) is 17.2. The number of amides is 1. The average Bonchev–Trinajstić information content (AvgIpc) is 3.27. The summed E-state index contributed by atoms with van der Waals surface area (Å²) in [7, 11) is 2.21. The third-order valence-electron chi connectivity index (χ3n) is 7.96. The third-order valence-corrected chi connectivity index (χ3v) is 8.19. The van der Waals surface area contributed by atoms with Gasteiger partial charge in [-0.15, -0.1) is 0 Å². The molecule has 7 nitrogen and oxygen atoms in total. The normalized spacial score (nSPS) is 18.3. The number of anilines is 1. The second-order valence-electron chi connectivity index (χ2n) is 10.9. The largest absolute Gasteiger partial charge is 0.370 e. The maximum absolute atomic E-state index is 13.7. The zero-order valence-corrected chi connectivity index (χ0v) is 22.2. The Hall–Kier alpha value is -2.77. The van der Waals surface area contributed by atoms with Gasteiger partial charge in [0.25, 0.3) is 5.56 Å². The van der Waals surface area contributed by atoms with Crippen LogP contribution >= 0.6 is 11.6 Å². The van der Waals surface area contributed by atoms with E-state index in [9.17, 15) is 9.59 Å². The Morgan fingerprint density at radius 3 is 2.42 bits per heavy atom. The van der Waals surface area contributed by atoms with Gasteiger partial charge in [-0.25, -0.2) is 0 Å². The second kappa shape index (κ2) is 9.94. The summed E-state index contributed by atoms with van der Waals surface area (Å²) in [5.41, 5.74) is 3.40. The number of rotatable bonds is 5. The van der Waals surface area contributed by atoms with Gasteiger partial charge in [-0.2, -0.15) is 0 Å². The molecule has 2 fully saturated rings. The van der Waals surface area contributed by atoms with Gasteiger partial charge in [0.2, 0.25) is 5.91 Å². The van der Waals surface area contributed by atoms with Crippen molar-refractivity contribution >= 4 is 28.7 Å². The van der Waals surface area contributed by atoms with Gasteiger partial charge >= 0.3 is 0 Å². The SMILES string of the molecule is CC(C)NC(=O)Cn1c(-c2cccc(Cl)c2)cn2cc(N3CCC4(CCN(C)CC4)CC3)cc2c1=O. The molecule has 2 saturated heterocycles. The first-order valence-corrected chi connectivity index (χ1v) is 13.4. The molecule has 1 spiro atoms. The Kier molecular flexibility index (Phi) is 6.88. The van der Waals surface area contributed by atoms with Crippen LogP contribution in [0, 0.1) is 5.41 Å². The summed E-state index contributed by atoms with van der Waals surface area (Å²) in [6.45, 7) is 8.17. The van der Waals surface area contributed by atoms with Gasteiger partial charge in [0, 0.05) is 42.1 Å². The van der Waals surface area contributed by atoms with Crippen LogP contribution in [0.4, 0.5) is 5.69 Å². The summed E-state index contributed by atoms with van der Waals surface area (Å²) in [6, 6.07) is 9.39. The number of piperidine rings is 2. The number of aromatic nitrogens is 2. The van der Waals surface area contributed by atoms with E-state index in [1.54, 1.807) is 10.6 Å². The molecule has 2 aromatic heterocycles. The molecule has 2 aliphatic heterocycles. The van der Waals surface area contributed by atoms with Crippen molar-refractivity contribution < 1.29 is 4.79 Å². The molecule has 2 aliphatic rings. The van der Waals surface area contributed by atoms with Crippen LogP contribution in [-0.2, 0) is 11.3 Å². The zero-order chi connectivity index (χ0) is 25.4. The molecule has 5 rings (SSSR count). The smallest absolute Gasteiger partial charge is 0.275 e. The molecule has 0 saturated carbocycles. The summed E-state index contributed by atoms with van der Waals surface area (Å²) in [5, 5.41) is 3.49. The second-order valence-corrected chi connectivity index (χ2v) is 11.4. The molecule has 1 N–H and O–H groups in total. The topological polar surface area (TPSA) is 62.0 Å². The minimum Gasteiger partial charge on any atom is -0.370 e. The maximum Gasteiger partial charge on any atom is 0.275 e. The van der Waals surface area contributed by atoms with Crippen LogP contribution in [0.1, 0.15) is 39.5 Å². The Bertz CT molecular complexity index is 1310. The van der Waals surface area contributed by atoms with E-state index in [-0.39, 0.29) is 24.1 Å². The van der Waals surface area contributed by atoms with Gasteiger partial charge < -0.3 is 19.5 Å². The highest BCUT2D eigenvalue weighted by Gasteiger charge is 2.37. The summed E-state index contributed by atoms with van der Waals surface area (Å²) >= 11 is 6.27. The van der Waals surface area contributed by atoms with Crippen molar-refractivity contribution in [2.45, 2.75) is 52.1 Å². The molecular weight excluding hydrogens is 474 g/mol. The van der Waals surface area contributed by atoms with Crippen LogP contribution in [0.25, 0.3) is 16.8 Å². The number of benzene rings is 1. The van der Waals surface area contributed by atoms with E-state index in [4.69, 9.17) is 11.6 Å². The molecule has 3 aromatic rings. The molecular formula is C28H36ClN5O2. The number of carbonyl (C=O) groups excluding carboxylic acids is 1. The van der Waals surface area contributed by atoms with Gasteiger partial charge in [0.1, 0.15) is 12.1 Å². The number of hydrogen-bond acceptors (Lipinski definition) is 4. The van der Waals surface area contributed by atoms with Crippen molar-refractivity contribution in [3.8, 4) is 11.3 Å². The maximum atomic E-state index is 13.7. The molecule has 0 radical (unpaired) electrons. The fourth-order valence-electron chi connectivity index (χ4n) is 5.74. The molecule has 0 bridgehead atoms. The molecule has 1 aromatic carbocycles. The number of hydrogen-bond donors (Lipinski definition) is 1. The summed E-state index contributed by atoms with van der Waals surface area (Å²) in [5.74, 6) is -0.189. The van der Waals surface area contributed by atoms with Crippen molar-refractivity contribution in [2.75, 3.05) is 38.1 Å². The van der Waals surface area contributed by atoms with E-state index >= 15 is 0 Å². The van der Waals surface area contributed by atoms with Crippen LogP contribution in [0.3, 0.4) is 0 Å². The summed E-state index contributed by atoms with van der Waals surface area (Å²) < 4.78 is 3.47. The van der Waals surface area contributed by atoms with Gasteiger partial charge in [0.05, 0.1) is 11.4 Å². The van der Waals surface area contributed by atoms with Crippen molar-refractivity contribution in [2.24, 2.45) is 5.41 Å². The molecule has 0 unspecified atom stereocenters. The minimum absolute atomic E-state index is 0.00147. The molecule has 36 heavy (non-hydrogen) atoms. The molecule has 8 heteroatoms. The predicted octanol–water partition coefficient (Wildman–Crippen LogP) is 4.26. The van der Waals surface area contributed by atoms with Crippen molar-refractivity contribution in [1.29, 1.82) is 0 Å². The van der Waals surface area contributed by atoms with Crippen molar-refractivity contribution in [3.63, 3.8) is 0 Å². The van der Waals surface area contributed by atoms with E-state index in [0.29, 0.717) is 21.6 Å². The number of nitrogens with zero attached hydrogens (tertiary/aromatic N) is 4. The lowest BCUT2D eigenvalue weighted by Gasteiger charge is -2.46. The number of carbonyl (C=O) groups is 1. The number of halogens is 1. The Balaban J connectivity index is 1.48. The lowest BCUT2D eigenvalue weighted by atomic mass is 9.71. The monoisotopic (exact) mass is 509 g/mol. The fourth-order valence-corrected chi connectivity index (χ4v) is 5.93. The Morgan fingerprint density at radius 1 is 1.06 bits per heavy atom. The average molecular weight is 510 g/mol. The predicted molar refractivity (Wildman–Crippen MR) is 146 cm³/mol. The van der Waals surface area contributed by atoms with Gasteiger partial charge in [-0.1, -0.05) is 23.7 Å². The number of nitrogens with one attached hydrogen (secondary N) is 1. The van der Waals surface area contributed by atoms with E-state index in [1.807, 2.05) is 48.7 Å².